The molecule has 0 aromatic rings. The number of hydrogen-bond acceptors (Lipinski definition) is 9. The minimum atomic E-state index is -1.25. The van der Waals surface area contributed by atoms with Crippen LogP contribution in [0.3, 0.4) is 0 Å². The van der Waals surface area contributed by atoms with E-state index in [1.54, 1.807) is 13.8 Å². The number of nitrogens with zero attached hydrogens (tertiary/aromatic N) is 1. The first kappa shape index (κ1) is 34.8. The number of carbonyl (C=O) groups is 7. The SMILES string of the molecule is CC(C)C[C@H](N[C@@H]1CSC[C@@H](C(=O)N[C@H](C(=O)NCC(=O)O)C(C)C)NC(=O)CNC(=O)[C@@H]2CCCN2C1=O)C(=O)O. The van der Waals surface area contributed by atoms with Gasteiger partial charge in [0.25, 0.3) is 0 Å². The Morgan fingerprint density at radius 2 is 1.76 bits per heavy atom. The molecule has 0 unspecified atom stereocenters. The average Bonchev–Trinajstić information content (AvgIpc) is 3.40. The van der Waals surface area contributed by atoms with Crippen LogP contribution < -0.4 is 26.6 Å². The molecule has 0 aliphatic carbocycles. The van der Waals surface area contributed by atoms with E-state index in [4.69, 9.17) is 5.11 Å². The fourth-order valence-electron chi connectivity index (χ4n) is 4.73. The molecule has 2 rings (SSSR count). The predicted octanol–water partition coefficient (Wildman–Crippen LogP) is -1.88. The fourth-order valence-corrected chi connectivity index (χ4v) is 5.81. The maximum Gasteiger partial charge on any atom is 0.322 e. The van der Waals surface area contributed by atoms with Crippen LogP contribution in [0.4, 0.5) is 0 Å². The van der Waals surface area contributed by atoms with E-state index in [1.165, 1.54) is 4.90 Å². The van der Waals surface area contributed by atoms with Crippen LogP contribution in [0.15, 0.2) is 0 Å². The molecule has 5 amide bonds. The zero-order valence-electron chi connectivity index (χ0n) is 24.3. The van der Waals surface area contributed by atoms with Gasteiger partial charge in [-0.3, -0.25) is 38.9 Å². The van der Waals surface area contributed by atoms with Crippen LogP contribution in [0.1, 0.15) is 47.0 Å². The number of nitrogens with one attached hydrogen (secondary N) is 5. The lowest BCUT2D eigenvalue weighted by Gasteiger charge is -2.30. The highest BCUT2D eigenvalue weighted by Crippen LogP contribution is 2.21. The monoisotopic (exact) mass is 614 g/mol. The molecular weight excluding hydrogens is 572 g/mol. The molecule has 2 heterocycles. The minimum Gasteiger partial charge on any atom is -0.480 e. The van der Waals surface area contributed by atoms with Gasteiger partial charge in [-0.05, 0) is 31.1 Å². The first-order valence-electron chi connectivity index (χ1n) is 13.9. The lowest BCUT2D eigenvalue weighted by molar-refractivity contribution is -0.143. The van der Waals surface area contributed by atoms with Gasteiger partial charge in [0.15, 0.2) is 0 Å². The number of hydrogen-bond donors (Lipinski definition) is 7. The normalized spacial score (nSPS) is 23.4. The second-order valence-electron chi connectivity index (χ2n) is 11.1. The topological polar surface area (TPSA) is 223 Å². The first-order valence-corrected chi connectivity index (χ1v) is 15.1. The van der Waals surface area contributed by atoms with Crippen molar-refractivity contribution in [2.75, 3.05) is 31.1 Å². The zero-order chi connectivity index (χ0) is 31.6. The molecule has 2 aliphatic heterocycles. The highest BCUT2D eigenvalue weighted by molar-refractivity contribution is 7.99. The number of carboxylic acids is 2. The van der Waals surface area contributed by atoms with Gasteiger partial charge in [-0.2, -0.15) is 11.8 Å². The van der Waals surface area contributed by atoms with Crippen molar-refractivity contribution in [1.82, 2.24) is 31.5 Å². The highest BCUT2D eigenvalue weighted by Gasteiger charge is 2.39. The van der Waals surface area contributed by atoms with Gasteiger partial charge in [-0.25, -0.2) is 0 Å². The Morgan fingerprint density at radius 1 is 1.07 bits per heavy atom. The van der Waals surface area contributed by atoms with Gasteiger partial charge >= 0.3 is 11.9 Å². The lowest BCUT2D eigenvalue weighted by Crippen LogP contribution is -2.57. The van der Waals surface area contributed by atoms with Gasteiger partial charge in [-0.15, -0.1) is 0 Å². The molecule has 0 spiro atoms. The third-order valence-corrected chi connectivity index (χ3v) is 7.99. The van der Waals surface area contributed by atoms with Crippen LogP contribution in [-0.2, 0) is 33.6 Å². The van der Waals surface area contributed by atoms with Crippen LogP contribution >= 0.6 is 11.8 Å². The van der Waals surface area contributed by atoms with Crippen LogP contribution in [0.5, 0.6) is 0 Å². The van der Waals surface area contributed by atoms with Crippen LogP contribution in [0, 0.1) is 11.8 Å². The maximum atomic E-state index is 13.6. The summed E-state index contributed by atoms with van der Waals surface area (Å²) in [6.45, 7) is 6.25. The standard InChI is InChI=1S/C26H42N6O9S/c1-13(2)8-15(26(40)41)29-17-12-42-11-16(22(36)31-21(14(3)4)24(38)28-10-20(34)35)30-19(33)9-27-23(37)18-6-5-7-32(18)25(17)39/h13-18,21,29H,5-12H2,1-4H3,(H,27,37)(H,28,38)(H,30,33)(H,31,36)(H,34,35)(H,40,41)/t15-,16-,17+,18-,21-/m0/s1. The molecule has 236 valence electrons. The second kappa shape index (κ2) is 16.3. The molecular formula is C26H42N6O9S. The smallest absolute Gasteiger partial charge is 0.322 e. The second-order valence-corrected chi connectivity index (χ2v) is 12.2. The van der Waals surface area contributed by atoms with Crippen molar-refractivity contribution in [3.63, 3.8) is 0 Å². The van der Waals surface area contributed by atoms with Crippen LogP contribution in [0.2, 0.25) is 0 Å². The molecule has 5 atom stereocenters. The van der Waals surface area contributed by atoms with Crippen molar-refractivity contribution in [3.05, 3.63) is 0 Å². The van der Waals surface area contributed by atoms with Gasteiger partial charge in [-0.1, -0.05) is 27.7 Å². The summed E-state index contributed by atoms with van der Waals surface area (Å²) in [4.78, 5) is 89.3. The highest BCUT2D eigenvalue weighted by atomic mass is 32.2. The summed E-state index contributed by atoms with van der Waals surface area (Å²) in [7, 11) is 0. The number of amides is 5. The summed E-state index contributed by atoms with van der Waals surface area (Å²) >= 11 is 1.13. The van der Waals surface area contributed by atoms with Crippen molar-refractivity contribution >= 4 is 53.2 Å². The molecule has 0 radical (unpaired) electrons. The fraction of sp³-hybridized carbons (Fsp3) is 0.731. The van der Waals surface area contributed by atoms with Crippen molar-refractivity contribution in [3.8, 4) is 0 Å². The van der Waals surface area contributed by atoms with Crippen molar-refractivity contribution < 1.29 is 43.8 Å². The van der Waals surface area contributed by atoms with E-state index in [0.29, 0.717) is 19.4 Å². The summed E-state index contributed by atoms with van der Waals surface area (Å²) < 4.78 is 0. The molecule has 0 saturated carbocycles. The van der Waals surface area contributed by atoms with Gasteiger partial charge in [0.1, 0.15) is 30.7 Å². The molecule has 2 fully saturated rings. The Kier molecular flexibility index (Phi) is 13.5. The van der Waals surface area contributed by atoms with Crippen molar-refractivity contribution in [1.29, 1.82) is 0 Å². The molecule has 0 aromatic heterocycles. The van der Waals surface area contributed by atoms with E-state index < -0.39 is 90.7 Å². The summed E-state index contributed by atoms with van der Waals surface area (Å²) in [5.41, 5.74) is 0. The molecule has 2 aliphatic rings. The van der Waals surface area contributed by atoms with E-state index in [9.17, 15) is 38.7 Å². The molecule has 7 N–H and O–H groups in total. The zero-order valence-corrected chi connectivity index (χ0v) is 25.1. The number of aliphatic carboxylic acids is 2. The molecule has 42 heavy (non-hydrogen) atoms. The van der Waals surface area contributed by atoms with E-state index in [1.807, 2.05) is 13.8 Å². The predicted molar refractivity (Wildman–Crippen MR) is 152 cm³/mol. The molecule has 16 heteroatoms. The summed E-state index contributed by atoms with van der Waals surface area (Å²) in [5.74, 6) is -5.84. The Labute approximate surface area is 248 Å². The largest absolute Gasteiger partial charge is 0.480 e. The molecule has 15 nitrogen and oxygen atoms in total. The molecule has 0 aromatic carbocycles. The molecule has 2 saturated heterocycles. The molecule has 0 bridgehead atoms. The number of carboxylic acid groups (broad SMARTS) is 2. The van der Waals surface area contributed by atoms with E-state index in [-0.39, 0.29) is 23.8 Å². The summed E-state index contributed by atoms with van der Waals surface area (Å²) in [5, 5.41) is 31.4. The Hall–Kier alpha value is -3.40. The number of thioether (sulfide) groups is 1. The third-order valence-electron chi connectivity index (χ3n) is 6.85. The van der Waals surface area contributed by atoms with E-state index in [2.05, 4.69) is 26.6 Å². The van der Waals surface area contributed by atoms with Crippen LogP contribution in [-0.4, -0.2) is 118 Å². The minimum absolute atomic E-state index is 0.0197. The third kappa shape index (κ3) is 10.5. The van der Waals surface area contributed by atoms with Crippen LogP contribution in [0.25, 0.3) is 0 Å². The van der Waals surface area contributed by atoms with Gasteiger partial charge < -0.3 is 36.4 Å². The lowest BCUT2D eigenvalue weighted by atomic mass is 10.0. The number of rotatable bonds is 11. The van der Waals surface area contributed by atoms with Crippen molar-refractivity contribution in [2.45, 2.75) is 77.2 Å². The summed E-state index contributed by atoms with van der Waals surface area (Å²) in [6.07, 6.45) is 1.22. The van der Waals surface area contributed by atoms with Gasteiger partial charge in [0.05, 0.1) is 12.6 Å². The van der Waals surface area contributed by atoms with Gasteiger partial charge in [0, 0.05) is 18.1 Å². The maximum absolute atomic E-state index is 13.6. The van der Waals surface area contributed by atoms with E-state index in [0.717, 1.165) is 11.8 Å². The number of carbonyl (C=O) groups excluding carboxylic acids is 5. The Morgan fingerprint density at radius 3 is 2.36 bits per heavy atom. The van der Waals surface area contributed by atoms with E-state index >= 15 is 0 Å². The quantitative estimate of drug-likeness (QED) is 0.136. The Bertz CT molecular complexity index is 1040. The number of fused-ring (bicyclic) bond motifs is 1. The summed E-state index contributed by atoms with van der Waals surface area (Å²) in [6, 6.07) is -5.12. The first-order chi connectivity index (χ1) is 19.7. The Balaban J connectivity index is 2.30. The average molecular weight is 615 g/mol. The van der Waals surface area contributed by atoms with Crippen molar-refractivity contribution in [2.24, 2.45) is 11.8 Å². The van der Waals surface area contributed by atoms with Gasteiger partial charge in [0.2, 0.25) is 29.5 Å².